The summed E-state index contributed by atoms with van der Waals surface area (Å²) < 4.78 is 5.37. The molecule has 114 valence electrons. The van der Waals surface area contributed by atoms with Gasteiger partial charge in [0.15, 0.2) is 0 Å². The first-order valence-electron chi connectivity index (χ1n) is 7.50. The number of nitrogens with two attached hydrogens (primary N) is 1. The maximum Gasteiger partial charge on any atom is 0.0594 e. The molecule has 0 bridgehead atoms. The van der Waals surface area contributed by atoms with Crippen molar-refractivity contribution in [1.82, 2.24) is 15.3 Å². The molecule has 3 heterocycles. The fourth-order valence-electron chi connectivity index (χ4n) is 2.92. The van der Waals surface area contributed by atoms with E-state index in [-0.39, 0.29) is 11.1 Å². The summed E-state index contributed by atoms with van der Waals surface area (Å²) in [6.45, 7) is 6.99. The quantitative estimate of drug-likeness (QED) is 0.649. The van der Waals surface area contributed by atoms with E-state index in [1.807, 2.05) is 0 Å². The Hall–Kier alpha value is -0.530. The van der Waals surface area contributed by atoms with Crippen LogP contribution in [0.2, 0.25) is 0 Å². The molecule has 6 heteroatoms. The van der Waals surface area contributed by atoms with E-state index in [0.717, 1.165) is 51.7 Å². The van der Waals surface area contributed by atoms with Crippen LogP contribution in [0.4, 0.5) is 0 Å². The molecule has 5 nitrogen and oxygen atoms in total. The lowest BCUT2D eigenvalue weighted by Gasteiger charge is -2.34. The molecular formula is C14H26N4OS. The van der Waals surface area contributed by atoms with E-state index in [4.69, 9.17) is 9.88 Å². The van der Waals surface area contributed by atoms with Gasteiger partial charge in [0.1, 0.15) is 0 Å². The first-order chi connectivity index (χ1) is 9.81. The topological polar surface area (TPSA) is 53.8 Å². The SMILES string of the molecule is N[SH]1CCC2=C(C=CN(NCCN3CCOCC3)C2)C1. The van der Waals surface area contributed by atoms with Gasteiger partial charge in [-0.05, 0) is 29.4 Å². The number of thiol groups is 1. The van der Waals surface area contributed by atoms with Crippen LogP contribution in [0.25, 0.3) is 0 Å². The van der Waals surface area contributed by atoms with E-state index in [1.165, 1.54) is 17.7 Å². The molecule has 3 rings (SSSR count). The second kappa shape index (κ2) is 6.95. The molecule has 0 aromatic rings. The Morgan fingerprint density at radius 3 is 3.05 bits per heavy atom. The lowest BCUT2D eigenvalue weighted by Crippen LogP contribution is -2.44. The van der Waals surface area contributed by atoms with Gasteiger partial charge in [0.25, 0.3) is 0 Å². The van der Waals surface area contributed by atoms with Crippen molar-refractivity contribution >= 4 is 11.1 Å². The van der Waals surface area contributed by atoms with Gasteiger partial charge in [0, 0.05) is 38.1 Å². The minimum Gasteiger partial charge on any atom is -0.379 e. The van der Waals surface area contributed by atoms with Crippen LogP contribution in [-0.2, 0) is 4.74 Å². The zero-order chi connectivity index (χ0) is 13.8. The highest BCUT2D eigenvalue weighted by Gasteiger charge is 2.19. The molecule has 1 atom stereocenters. The first kappa shape index (κ1) is 14.4. The smallest absolute Gasteiger partial charge is 0.0594 e. The molecule has 3 N–H and O–H groups in total. The van der Waals surface area contributed by atoms with Crippen LogP contribution in [0.5, 0.6) is 0 Å². The number of nitrogens with zero attached hydrogens (tertiary/aromatic N) is 2. The Morgan fingerprint density at radius 1 is 1.35 bits per heavy atom. The third-order valence-electron chi connectivity index (χ3n) is 4.19. The fraction of sp³-hybridized carbons (Fsp3) is 0.714. The first-order valence-corrected chi connectivity index (χ1v) is 9.28. The molecule has 0 aliphatic carbocycles. The molecule has 0 aromatic carbocycles. The molecule has 0 spiro atoms. The summed E-state index contributed by atoms with van der Waals surface area (Å²) in [6.07, 6.45) is 5.61. The van der Waals surface area contributed by atoms with Gasteiger partial charge in [-0.3, -0.25) is 10.0 Å². The lowest BCUT2D eigenvalue weighted by molar-refractivity contribution is 0.0365. The standard InChI is InChI=1S/C14H26N4OS/c15-20-10-2-13-11-18(4-1-14(13)12-20)16-3-5-17-6-8-19-9-7-17/h1,4,16,20H,2-3,5-12,15H2. The van der Waals surface area contributed by atoms with Gasteiger partial charge < -0.3 is 9.75 Å². The van der Waals surface area contributed by atoms with Gasteiger partial charge in [-0.2, -0.15) is 0 Å². The number of rotatable bonds is 4. The van der Waals surface area contributed by atoms with E-state index in [2.05, 4.69) is 27.6 Å². The number of allylic oxidation sites excluding steroid dienone is 1. The average Bonchev–Trinajstić information content (AvgIpc) is 2.48. The van der Waals surface area contributed by atoms with Crippen molar-refractivity contribution in [3.05, 3.63) is 23.4 Å². The summed E-state index contributed by atoms with van der Waals surface area (Å²) in [6, 6.07) is 0. The van der Waals surface area contributed by atoms with Gasteiger partial charge in [-0.25, -0.2) is 16.5 Å². The molecule has 0 aromatic heterocycles. The third kappa shape index (κ3) is 3.77. The maximum atomic E-state index is 6.09. The van der Waals surface area contributed by atoms with Crippen LogP contribution in [0, 0.1) is 0 Å². The lowest BCUT2D eigenvalue weighted by atomic mass is 10.0. The Morgan fingerprint density at radius 2 is 2.20 bits per heavy atom. The maximum absolute atomic E-state index is 6.09. The predicted octanol–water partition coefficient (Wildman–Crippen LogP) is 0.228. The third-order valence-corrected chi connectivity index (χ3v) is 5.74. The van der Waals surface area contributed by atoms with Gasteiger partial charge in [0.2, 0.25) is 0 Å². The van der Waals surface area contributed by atoms with Gasteiger partial charge in [0.05, 0.1) is 19.8 Å². The van der Waals surface area contributed by atoms with Crippen LogP contribution < -0.4 is 10.6 Å². The summed E-state index contributed by atoms with van der Waals surface area (Å²) in [5.74, 6) is 2.31. The second-order valence-corrected chi connectivity index (χ2v) is 7.60. The number of nitrogens with one attached hydrogen (secondary N) is 1. The summed E-state index contributed by atoms with van der Waals surface area (Å²) in [5, 5.41) is 8.32. The van der Waals surface area contributed by atoms with Gasteiger partial charge in [-0.1, -0.05) is 0 Å². The molecule has 20 heavy (non-hydrogen) atoms. The van der Waals surface area contributed by atoms with E-state index < -0.39 is 0 Å². The Kier molecular flexibility index (Phi) is 5.01. The van der Waals surface area contributed by atoms with E-state index in [1.54, 1.807) is 5.57 Å². The normalized spacial score (nSPS) is 29.6. The zero-order valence-corrected chi connectivity index (χ0v) is 12.9. The van der Waals surface area contributed by atoms with Crippen molar-refractivity contribution in [3.63, 3.8) is 0 Å². The molecule has 0 amide bonds. The minimum atomic E-state index is -0.236. The number of morpholine rings is 1. The highest BCUT2D eigenvalue weighted by molar-refractivity contribution is 8.15. The van der Waals surface area contributed by atoms with Crippen molar-refractivity contribution in [2.24, 2.45) is 5.14 Å². The summed E-state index contributed by atoms with van der Waals surface area (Å²) in [7, 11) is 0. The molecule has 1 unspecified atom stereocenters. The fourth-order valence-corrected chi connectivity index (χ4v) is 4.41. The largest absolute Gasteiger partial charge is 0.379 e. The summed E-state index contributed by atoms with van der Waals surface area (Å²) in [4.78, 5) is 2.46. The molecule has 1 saturated heterocycles. The van der Waals surface area contributed by atoms with Crippen molar-refractivity contribution in [3.8, 4) is 0 Å². The average molecular weight is 298 g/mol. The van der Waals surface area contributed by atoms with E-state index in [9.17, 15) is 0 Å². The van der Waals surface area contributed by atoms with Crippen molar-refractivity contribution in [2.45, 2.75) is 6.42 Å². The summed E-state index contributed by atoms with van der Waals surface area (Å²) >= 11 is -0.236. The number of hydrogen-bond acceptors (Lipinski definition) is 5. The van der Waals surface area contributed by atoms with Crippen LogP contribution in [0.1, 0.15) is 6.42 Å². The minimum absolute atomic E-state index is 0.236. The van der Waals surface area contributed by atoms with E-state index in [0.29, 0.717) is 0 Å². The molecule has 1 fully saturated rings. The van der Waals surface area contributed by atoms with Gasteiger partial charge >= 0.3 is 0 Å². The number of ether oxygens (including phenoxy) is 1. The van der Waals surface area contributed by atoms with Crippen molar-refractivity contribution in [1.29, 1.82) is 0 Å². The Bertz CT molecular complexity index is 393. The van der Waals surface area contributed by atoms with Gasteiger partial charge in [-0.15, -0.1) is 0 Å². The van der Waals surface area contributed by atoms with Crippen LogP contribution in [0.15, 0.2) is 23.4 Å². The summed E-state index contributed by atoms with van der Waals surface area (Å²) in [5.41, 5.74) is 6.59. The zero-order valence-electron chi connectivity index (χ0n) is 12.1. The van der Waals surface area contributed by atoms with Crippen molar-refractivity contribution in [2.75, 3.05) is 57.4 Å². The number of hydrazine groups is 1. The molecule has 3 aliphatic heterocycles. The van der Waals surface area contributed by atoms with E-state index >= 15 is 0 Å². The molecule has 0 saturated carbocycles. The van der Waals surface area contributed by atoms with Crippen molar-refractivity contribution < 1.29 is 4.74 Å². The molecule has 0 radical (unpaired) electrons. The predicted molar refractivity (Wildman–Crippen MR) is 85.7 cm³/mol. The highest BCUT2D eigenvalue weighted by Crippen LogP contribution is 2.32. The van der Waals surface area contributed by atoms with Crippen LogP contribution in [-0.4, -0.2) is 67.4 Å². The highest BCUT2D eigenvalue weighted by atomic mass is 32.2. The second-order valence-electron chi connectivity index (χ2n) is 5.66. The van der Waals surface area contributed by atoms with Crippen LogP contribution in [0.3, 0.4) is 0 Å². The van der Waals surface area contributed by atoms with Crippen LogP contribution >= 0.6 is 11.1 Å². The Balaban J connectivity index is 1.41. The molecule has 3 aliphatic rings. The number of hydrogen-bond donors (Lipinski definition) is 3. The monoisotopic (exact) mass is 298 g/mol. The Labute approximate surface area is 124 Å². The molecular weight excluding hydrogens is 272 g/mol.